The minimum Gasteiger partial charge on any atom is -0.439 e. The summed E-state index contributed by atoms with van der Waals surface area (Å²) in [6.45, 7) is 7.35. The summed E-state index contributed by atoms with van der Waals surface area (Å²) in [5.41, 5.74) is 2.16. The number of rotatable bonds is 7. The van der Waals surface area contributed by atoms with Gasteiger partial charge in [0.05, 0.1) is 5.69 Å². The highest BCUT2D eigenvalue weighted by Gasteiger charge is 2.15. The lowest BCUT2D eigenvalue weighted by Crippen LogP contribution is -2.21. The van der Waals surface area contributed by atoms with E-state index in [9.17, 15) is 0 Å². The van der Waals surface area contributed by atoms with Gasteiger partial charge in [-0.05, 0) is 32.4 Å². The third kappa shape index (κ3) is 3.85. The molecule has 4 nitrogen and oxygen atoms in total. The zero-order valence-corrected chi connectivity index (χ0v) is 13.4. The van der Waals surface area contributed by atoms with Crippen molar-refractivity contribution in [2.75, 3.05) is 6.54 Å². The predicted molar refractivity (Wildman–Crippen MR) is 85.8 cm³/mol. The lowest BCUT2D eigenvalue weighted by Gasteiger charge is -2.20. The number of ether oxygens (including phenoxy) is 1. The van der Waals surface area contributed by atoms with Gasteiger partial charge in [0, 0.05) is 24.7 Å². The molecule has 1 aromatic heterocycles. The van der Waals surface area contributed by atoms with Crippen LogP contribution in [-0.4, -0.2) is 16.3 Å². The van der Waals surface area contributed by atoms with E-state index in [1.165, 1.54) is 5.56 Å². The number of para-hydroxylation sites is 1. The zero-order chi connectivity index (χ0) is 15.2. The van der Waals surface area contributed by atoms with Gasteiger partial charge >= 0.3 is 0 Å². The second-order valence-electron chi connectivity index (χ2n) is 5.30. The highest BCUT2D eigenvalue weighted by molar-refractivity contribution is 5.38. The van der Waals surface area contributed by atoms with Gasteiger partial charge in [-0.1, -0.05) is 32.0 Å². The summed E-state index contributed by atoms with van der Waals surface area (Å²) in [5, 5.41) is 7.91. The summed E-state index contributed by atoms with van der Waals surface area (Å²) in [5.74, 6) is 1.67. The quantitative estimate of drug-likeness (QED) is 0.837. The second-order valence-corrected chi connectivity index (χ2v) is 5.30. The summed E-state index contributed by atoms with van der Waals surface area (Å²) in [4.78, 5) is 0. The largest absolute Gasteiger partial charge is 0.439 e. The van der Waals surface area contributed by atoms with E-state index in [1.807, 2.05) is 32.2 Å². The maximum Gasteiger partial charge on any atom is 0.217 e. The molecule has 0 amide bonds. The first kappa shape index (κ1) is 15.6. The molecule has 2 aromatic rings. The van der Waals surface area contributed by atoms with Crippen LogP contribution in [0, 0.1) is 6.92 Å². The van der Waals surface area contributed by atoms with Crippen LogP contribution in [-0.2, 0) is 7.05 Å². The normalized spacial score (nSPS) is 12.4. The highest BCUT2D eigenvalue weighted by atomic mass is 16.5. The lowest BCUT2D eigenvalue weighted by molar-refractivity contribution is 0.412. The van der Waals surface area contributed by atoms with Crippen LogP contribution in [0.3, 0.4) is 0 Å². The van der Waals surface area contributed by atoms with Crippen LogP contribution in [0.15, 0.2) is 30.3 Å². The number of aromatic nitrogens is 2. The fourth-order valence-corrected chi connectivity index (χ4v) is 2.45. The van der Waals surface area contributed by atoms with Crippen LogP contribution in [0.4, 0.5) is 0 Å². The van der Waals surface area contributed by atoms with Gasteiger partial charge in [0.2, 0.25) is 5.88 Å². The maximum absolute atomic E-state index is 6.08. The molecular weight excluding hydrogens is 262 g/mol. The number of benzene rings is 1. The van der Waals surface area contributed by atoms with Gasteiger partial charge in [-0.3, -0.25) is 0 Å². The Labute approximate surface area is 127 Å². The monoisotopic (exact) mass is 287 g/mol. The molecule has 0 aliphatic heterocycles. The average molecular weight is 287 g/mol. The van der Waals surface area contributed by atoms with Crippen LogP contribution in [0.5, 0.6) is 11.6 Å². The minimum absolute atomic E-state index is 0.315. The molecule has 1 aromatic carbocycles. The molecule has 0 aliphatic carbocycles. The molecule has 0 spiro atoms. The molecule has 114 valence electrons. The fourth-order valence-electron chi connectivity index (χ4n) is 2.45. The predicted octanol–water partition coefficient (Wildman–Crippen LogP) is 3.97. The second kappa shape index (κ2) is 7.27. The van der Waals surface area contributed by atoms with Gasteiger partial charge in [0.15, 0.2) is 0 Å². The Morgan fingerprint density at radius 3 is 2.67 bits per heavy atom. The van der Waals surface area contributed by atoms with Crippen LogP contribution in [0.25, 0.3) is 0 Å². The first-order valence-electron chi connectivity index (χ1n) is 7.66. The molecule has 1 N–H and O–H groups in total. The minimum atomic E-state index is 0.315. The summed E-state index contributed by atoms with van der Waals surface area (Å²) in [7, 11) is 1.90. The summed E-state index contributed by atoms with van der Waals surface area (Å²) < 4.78 is 7.85. The Morgan fingerprint density at radius 2 is 2.05 bits per heavy atom. The van der Waals surface area contributed by atoms with Crippen molar-refractivity contribution in [1.29, 1.82) is 0 Å². The summed E-state index contributed by atoms with van der Waals surface area (Å²) in [6, 6.07) is 10.5. The molecule has 4 heteroatoms. The van der Waals surface area contributed by atoms with E-state index in [4.69, 9.17) is 4.74 Å². The number of nitrogens with one attached hydrogen (secondary N) is 1. The third-order valence-corrected chi connectivity index (χ3v) is 3.52. The standard InChI is InChI=1S/C17H25N3O/c1-5-11-18-15(6-2)14-9-7-8-10-16(14)21-17-12-13(3)19-20(17)4/h7-10,12,15,18H,5-6,11H2,1-4H3. The molecule has 0 saturated carbocycles. The maximum atomic E-state index is 6.08. The Balaban J connectivity index is 2.25. The first-order valence-corrected chi connectivity index (χ1v) is 7.66. The van der Waals surface area contributed by atoms with Gasteiger partial charge in [0.25, 0.3) is 0 Å². The van der Waals surface area contributed by atoms with Gasteiger partial charge in [-0.15, -0.1) is 0 Å². The van der Waals surface area contributed by atoms with E-state index < -0.39 is 0 Å². The van der Waals surface area contributed by atoms with Crippen LogP contribution < -0.4 is 10.1 Å². The van der Waals surface area contributed by atoms with Gasteiger partial charge in [-0.25, -0.2) is 4.68 Å². The Morgan fingerprint density at radius 1 is 1.29 bits per heavy atom. The van der Waals surface area contributed by atoms with Crippen molar-refractivity contribution >= 4 is 0 Å². The molecule has 1 atom stereocenters. The number of hydrogen-bond donors (Lipinski definition) is 1. The molecule has 2 rings (SSSR count). The van der Waals surface area contributed by atoms with E-state index in [2.05, 4.69) is 36.4 Å². The molecule has 0 fully saturated rings. The highest BCUT2D eigenvalue weighted by Crippen LogP contribution is 2.31. The van der Waals surface area contributed by atoms with E-state index >= 15 is 0 Å². The Bertz CT molecular complexity index is 577. The molecule has 0 radical (unpaired) electrons. The smallest absolute Gasteiger partial charge is 0.217 e. The molecule has 1 unspecified atom stereocenters. The number of hydrogen-bond acceptors (Lipinski definition) is 3. The van der Waals surface area contributed by atoms with E-state index in [-0.39, 0.29) is 0 Å². The van der Waals surface area contributed by atoms with Crippen molar-refractivity contribution in [3.05, 3.63) is 41.6 Å². The summed E-state index contributed by atoms with van der Waals surface area (Å²) >= 11 is 0. The topological polar surface area (TPSA) is 39.1 Å². The van der Waals surface area contributed by atoms with Crippen molar-refractivity contribution in [2.24, 2.45) is 7.05 Å². The van der Waals surface area contributed by atoms with Gasteiger partial charge < -0.3 is 10.1 Å². The fraction of sp³-hybridized carbons (Fsp3) is 0.471. The number of nitrogens with zero attached hydrogens (tertiary/aromatic N) is 2. The van der Waals surface area contributed by atoms with Gasteiger partial charge in [0.1, 0.15) is 5.75 Å². The van der Waals surface area contributed by atoms with E-state index in [1.54, 1.807) is 4.68 Å². The van der Waals surface area contributed by atoms with Crippen molar-refractivity contribution in [2.45, 2.75) is 39.7 Å². The number of aryl methyl sites for hydroxylation is 2. The Kier molecular flexibility index (Phi) is 5.39. The van der Waals surface area contributed by atoms with Crippen molar-refractivity contribution in [1.82, 2.24) is 15.1 Å². The van der Waals surface area contributed by atoms with Crippen LogP contribution >= 0.6 is 0 Å². The third-order valence-electron chi connectivity index (χ3n) is 3.52. The van der Waals surface area contributed by atoms with Crippen molar-refractivity contribution < 1.29 is 4.74 Å². The average Bonchev–Trinajstić information content (AvgIpc) is 2.79. The van der Waals surface area contributed by atoms with Crippen LogP contribution in [0.1, 0.15) is 44.0 Å². The zero-order valence-electron chi connectivity index (χ0n) is 13.4. The lowest BCUT2D eigenvalue weighted by atomic mass is 10.0. The molecular formula is C17H25N3O. The molecule has 0 bridgehead atoms. The van der Waals surface area contributed by atoms with E-state index in [0.29, 0.717) is 6.04 Å². The molecule has 1 heterocycles. The van der Waals surface area contributed by atoms with Crippen LogP contribution in [0.2, 0.25) is 0 Å². The first-order chi connectivity index (χ1) is 10.2. The Hall–Kier alpha value is -1.81. The van der Waals surface area contributed by atoms with Gasteiger partial charge in [-0.2, -0.15) is 5.10 Å². The van der Waals surface area contributed by atoms with Crippen molar-refractivity contribution in [3.63, 3.8) is 0 Å². The summed E-state index contributed by atoms with van der Waals surface area (Å²) in [6.07, 6.45) is 2.16. The molecule has 0 saturated heterocycles. The molecule has 21 heavy (non-hydrogen) atoms. The molecule has 0 aliphatic rings. The van der Waals surface area contributed by atoms with E-state index in [0.717, 1.165) is 36.7 Å². The van der Waals surface area contributed by atoms with Crippen molar-refractivity contribution in [3.8, 4) is 11.6 Å². The SMILES string of the molecule is CCCNC(CC)c1ccccc1Oc1cc(C)nn1C.